The predicted octanol–water partition coefficient (Wildman–Crippen LogP) is 4.20. The number of aromatic nitrogens is 2. The van der Waals surface area contributed by atoms with Gasteiger partial charge < -0.3 is 9.88 Å². The molecule has 0 aliphatic heterocycles. The van der Waals surface area contributed by atoms with Crippen molar-refractivity contribution in [1.82, 2.24) is 14.9 Å². The number of hydrogen-bond acceptors (Lipinski definition) is 2. The van der Waals surface area contributed by atoms with Crippen LogP contribution in [0.5, 0.6) is 0 Å². The molecule has 0 saturated carbocycles. The third-order valence-electron chi connectivity index (χ3n) is 3.93. The molecule has 0 aliphatic rings. The van der Waals surface area contributed by atoms with Gasteiger partial charge in [-0.25, -0.2) is 4.98 Å². The monoisotopic (exact) mass is 327 g/mol. The Balaban J connectivity index is 1.84. The summed E-state index contributed by atoms with van der Waals surface area (Å²) < 4.78 is 1.91. The minimum Gasteiger partial charge on any atom is -0.346 e. The van der Waals surface area contributed by atoms with Crippen molar-refractivity contribution < 1.29 is 4.79 Å². The standard InChI is InChI=1S/C18H18ClN3O/c1-3-22-16-10-9-14(11-15(16)21-18(22)19)17(23)20-12(2)13-7-5-4-6-8-13/h4-12H,3H2,1-2H3,(H,20,23). The molecule has 1 heterocycles. The van der Waals surface area contributed by atoms with Gasteiger partial charge in [-0.2, -0.15) is 0 Å². The number of fused-ring (bicyclic) bond motifs is 1. The van der Waals surface area contributed by atoms with Gasteiger partial charge in [-0.15, -0.1) is 0 Å². The number of nitrogens with one attached hydrogen (secondary N) is 1. The van der Waals surface area contributed by atoms with Gasteiger partial charge in [-0.3, -0.25) is 4.79 Å². The first-order valence-corrected chi connectivity index (χ1v) is 7.99. The predicted molar refractivity (Wildman–Crippen MR) is 92.7 cm³/mol. The Bertz CT molecular complexity index is 842. The Morgan fingerprint density at radius 3 is 2.70 bits per heavy atom. The zero-order valence-corrected chi connectivity index (χ0v) is 13.8. The fraction of sp³-hybridized carbons (Fsp3) is 0.222. The smallest absolute Gasteiger partial charge is 0.251 e. The molecule has 2 aromatic carbocycles. The van der Waals surface area contributed by atoms with Gasteiger partial charge in [0.2, 0.25) is 5.28 Å². The maximum Gasteiger partial charge on any atom is 0.251 e. The first-order valence-electron chi connectivity index (χ1n) is 7.61. The number of imidazole rings is 1. The van der Waals surface area contributed by atoms with Crippen molar-refractivity contribution in [2.45, 2.75) is 26.4 Å². The van der Waals surface area contributed by atoms with E-state index in [-0.39, 0.29) is 11.9 Å². The van der Waals surface area contributed by atoms with E-state index in [9.17, 15) is 4.79 Å². The van der Waals surface area contributed by atoms with Gasteiger partial charge in [0.05, 0.1) is 17.1 Å². The third-order valence-corrected chi connectivity index (χ3v) is 4.22. The summed E-state index contributed by atoms with van der Waals surface area (Å²) in [5.41, 5.74) is 3.32. The second-order valence-corrected chi connectivity index (χ2v) is 5.77. The van der Waals surface area contributed by atoms with Crippen LogP contribution >= 0.6 is 11.6 Å². The molecular weight excluding hydrogens is 310 g/mol. The minimum absolute atomic E-state index is 0.0591. The Labute approximate surface area is 140 Å². The van der Waals surface area contributed by atoms with Crippen molar-refractivity contribution >= 4 is 28.5 Å². The second kappa shape index (κ2) is 6.42. The molecular formula is C18H18ClN3O. The van der Waals surface area contributed by atoms with Crippen LogP contribution in [0, 0.1) is 0 Å². The Morgan fingerprint density at radius 2 is 2.00 bits per heavy atom. The summed E-state index contributed by atoms with van der Waals surface area (Å²) in [4.78, 5) is 16.8. The van der Waals surface area contributed by atoms with E-state index in [1.807, 2.05) is 54.8 Å². The van der Waals surface area contributed by atoms with E-state index in [0.717, 1.165) is 23.1 Å². The highest BCUT2D eigenvalue weighted by atomic mass is 35.5. The Hall–Kier alpha value is -2.33. The van der Waals surface area contributed by atoms with E-state index >= 15 is 0 Å². The summed E-state index contributed by atoms with van der Waals surface area (Å²) in [5.74, 6) is -0.120. The van der Waals surface area contributed by atoms with Gasteiger partial charge >= 0.3 is 0 Å². The molecule has 4 nitrogen and oxygen atoms in total. The molecule has 0 radical (unpaired) electrons. The average molecular weight is 328 g/mol. The number of amides is 1. The molecule has 3 rings (SSSR count). The lowest BCUT2D eigenvalue weighted by molar-refractivity contribution is 0.0940. The summed E-state index contributed by atoms with van der Waals surface area (Å²) in [5, 5.41) is 3.45. The van der Waals surface area contributed by atoms with E-state index in [0.29, 0.717) is 10.8 Å². The highest BCUT2D eigenvalue weighted by Gasteiger charge is 2.14. The van der Waals surface area contributed by atoms with Crippen molar-refractivity contribution in [3.8, 4) is 0 Å². The van der Waals surface area contributed by atoms with Crippen molar-refractivity contribution in [2.24, 2.45) is 0 Å². The molecule has 0 saturated heterocycles. The molecule has 118 valence electrons. The second-order valence-electron chi connectivity index (χ2n) is 5.43. The number of rotatable bonds is 4. The van der Waals surface area contributed by atoms with Crippen LogP contribution in [0.1, 0.15) is 35.8 Å². The SMILES string of the molecule is CCn1c(Cl)nc2cc(C(=O)NC(C)c3ccccc3)ccc21. The van der Waals surface area contributed by atoms with Crippen molar-refractivity contribution in [2.75, 3.05) is 0 Å². The maximum atomic E-state index is 12.5. The lowest BCUT2D eigenvalue weighted by atomic mass is 10.1. The largest absolute Gasteiger partial charge is 0.346 e. The van der Waals surface area contributed by atoms with Crippen LogP contribution in [0.4, 0.5) is 0 Å². The van der Waals surface area contributed by atoms with Gasteiger partial charge in [0, 0.05) is 12.1 Å². The quantitative estimate of drug-likeness (QED) is 0.780. The van der Waals surface area contributed by atoms with Gasteiger partial charge in [0.1, 0.15) is 0 Å². The highest BCUT2D eigenvalue weighted by Crippen LogP contribution is 2.21. The zero-order chi connectivity index (χ0) is 16.4. The molecule has 0 bridgehead atoms. The van der Waals surface area contributed by atoms with Crippen LogP contribution in [-0.2, 0) is 6.54 Å². The summed E-state index contributed by atoms with van der Waals surface area (Å²) >= 11 is 6.12. The first kappa shape index (κ1) is 15.6. The average Bonchev–Trinajstić information content (AvgIpc) is 2.89. The third kappa shape index (κ3) is 3.08. The molecule has 3 aromatic rings. The molecule has 0 aliphatic carbocycles. The number of carbonyl (C=O) groups excluding carboxylic acids is 1. The van der Waals surface area contributed by atoms with Crippen LogP contribution in [0.25, 0.3) is 11.0 Å². The van der Waals surface area contributed by atoms with Crippen LogP contribution in [0.2, 0.25) is 5.28 Å². The van der Waals surface area contributed by atoms with Crippen LogP contribution in [-0.4, -0.2) is 15.5 Å². The molecule has 5 heteroatoms. The van der Waals surface area contributed by atoms with Crippen molar-refractivity contribution in [3.63, 3.8) is 0 Å². The molecule has 1 N–H and O–H groups in total. The van der Waals surface area contributed by atoms with E-state index in [1.54, 1.807) is 12.1 Å². The fourth-order valence-corrected chi connectivity index (χ4v) is 2.95. The molecule has 1 atom stereocenters. The van der Waals surface area contributed by atoms with Crippen molar-refractivity contribution in [3.05, 3.63) is 64.9 Å². The summed E-state index contributed by atoms with van der Waals surface area (Å²) in [6.45, 7) is 4.72. The molecule has 1 amide bonds. The lowest BCUT2D eigenvalue weighted by Crippen LogP contribution is -2.26. The molecule has 1 unspecified atom stereocenters. The van der Waals surface area contributed by atoms with Crippen LogP contribution in [0.15, 0.2) is 48.5 Å². The van der Waals surface area contributed by atoms with Gasteiger partial charge in [0.15, 0.2) is 0 Å². The van der Waals surface area contributed by atoms with Crippen molar-refractivity contribution in [1.29, 1.82) is 0 Å². The number of halogens is 1. The lowest BCUT2D eigenvalue weighted by Gasteiger charge is -2.14. The van der Waals surface area contributed by atoms with E-state index in [4.69, 9.17) is 11.6 Å². The molecule has 23 heavy (non-hydrogen) atoms. The van der Waals surface area contributed by atoms with Gasteiger partial charge in [-0.1, -0.05) is 30.3 Å². The molecule has 0 fully saturated rings. The molecule has 1 aromatic heterocycles. The summed E-state index contributed by atoms with van der Waals surface area (Å²) in [6, 6.07) is 15.3. The number of nitrogens with zero attached hydrogens (tertiary/aromatic N) is 2. The van der Waals surface area contributed by atoms with Gasteiger partial charge in [-0.05, 0) is 49.2 Å². The topological polar surface area (TPSA) is 46.9 Å². The van der Waals surface area contributed by atoms with E-state index in [1.165, 1.54) is 0 Å². The number of hydrogen-bond donors (Lipinski definition) is 1. The van der Waals surface area contributed by atoms with Crippen LogP contribution in [0.3, 0.4) is 0 Å². The zero-order valence-electron chi connectivity index (χ0n) is 13.1. The summed E-state index contributed by atoms with van der Waals surface area (Å²) in [7, 11) is 0. The molecule has 0 spiro atoms. The normalized spacial score (nSPS) is 12.3. The van der Waals surface area contributed by atoms with Gasteiger partial charge in [0.25, 0.3) is 5.91 Å². The highest BCUT2D eigenvalue weighted by molar-refractivity contribution is 6.29. The Morgan fingerprint density at radius 1 is 1.26 bits per heavy atom. The minimum atomic E-state index is -0.120. The number of aryl methyl sites for hydroxylation is 1. The Kier molecular flexibility index (Phi) is 4.35. The first-order chi connectivity index (χ1) is 11.1. The number of benzene rings is 2. The maximum absolute atomic E-state index is 12.5. The number of carbonyl (C=O) groups is 1. The van der Waals surface area contributed by atoms with E-state index in [2.05, 4.69) is 10.3 Å². The summed E-state index contributed by atoms with van der Waals surface area (Å²) in [6.07, 6.45) is 0. The fourth-order valence-electron chi connectivity index (χ4n) is 2.65. The van der Waals surface area contributed by atoms with E-state index < -0.39 is 0 Å². The van der Waals surface area contributed by atoms with Crippen LogP contribution < -0.4 is 5.32 Å².